The molecule has 0 spiro atoms. The SMILES string of the molecule is CN(C)S(=O)(=O)N1CCN(Cn2nc3c(cc2=O)CCCC3)CC1. The smallest absolute Gasteiger partial charge is 0.281 e. The monoisotopic (exact) mass is 355 g/mol. The zero-order valence-corrected chi connectivity index (χ0v) is 15.1. The lowest BCUT2D eigenvalue weighted by molar-refractivity contribution is 0.139. The molecule has 134 valence electrons. The van der Waals surface area contributed by atoms with Crippen LogP contribution < -0.4 is 5.56 Å². The third-order valence-corrected chi connectivity index (χ3v) is 6.67. The van der Waals surface area contributed by atoms with Gasteiger partial charge in [-0.1, -0.05) is 0 Å². The second-order valence-electron chi connectivity index (χ2n) is 6.61. The highest BCUT2D eigenvalue weighted by Gasteiger charge is 2.28. The molecule has 3 rings (SSSR count). The van der Waals surface area contributed by atoms with Gasteiger partial charge in [0.25, 0.3) is 15.8 Å². The molecule has 24 heavy (non-hydrogen) atoms. The number of hydrogen-bond acceptors (Lipinski definition) is 5. The summed E-state index contributed by atoms with van der Waals surface area (Å²) in [6.07, 6.45) is 4.13. The number of nitrogens with zero attached hydrogens (tertiary/aromatic N) is 5. The summed E-state index contributed by atoms with van der Waals surface area (Å²) in [7, 11) is -0.281. The van der Waals surface area contributed by atoms with Crippen LogP contribution >= 0.6 is 0 Å². The van der Waals surface area contributed by atoms with Crippen LogP contribution in [-0.4, -0.2) is 72.0 Å². The molecule has 9 heteroatoms. The zero-order chi connectivity index (χ0) is 17.3. The molecule has 1 aromatic rings. The van der Waals surface area contributed by atoms with E-state index >= 15 is 0 Å². The predicted molar refractivity (Wildman–Crippen MR) is 90.9 cm³/mol. The summed E-state index contributed by atoms with van der Waals surface area (Å²) in [5.74, 6) is 0. The van der Waals surface area contributed by atoms with Gasteiger partial charge in [-0.05, 0) is 31.2 Å². The molecular formula is C15H25N5O3S. The maximum atomic E-state index is 12.2. The molecule has 0 amide bonds. The minimum Gasteiger partial charge on any atom is -0.282 e. The summed E-state index contributed by atoms with van der Waals surface area (Å²) in [6.45, 7) is 2.47. The normalized spacial score (nSPS) is 20.3. The Balaban J connectivity index is 1.66. The van der Waals surface area contributed by atoms with Crippen molar-refractivity contribution < 1.29 is 8.42 Å². The number of piperazine rings is 1. The maximum absolute atomic E-state index is 12.2. The number of fused-ring (bicyclic) bond motifs is 1. The molecule has 1 aromatic heterocycles. The summed E-state index contributed by atoms with van der Waals surface area (Å²) < 4.78 is 28.5. The summed E-state index contributed by atoms with van der Waals surface area (Å²) in [6, 6.07) is 1.72. The molecule has 8 nitrogen and oxygen atoms in total. The molecule has 2 heterocycles. The first-order valence-corrected chi connectivity index (χ1v) is 9.77. The molecule has 0 unspecified atom stereocenters. The number of aromatic nitrogens is 2. The molecule has 0 saturated carbocycles. The standard InChI is InChI=1S/C15H25N5O3S/c1-17(2)24(22,23)19-9-7-18(8-10-19)12-20-15(21)11-13-5-3-4-6-14(13)16-20/h11H,3-10,12H2,1-2H3. The Kier molecular flexibility index (Phi) is 5.05. The highest BCUT2D eigenvalue weighted by atomic mass is 32.2. The van der Waals surface area contributed by atoms with Crippen molar-refractivity contribution in [2.24, 2.45) is 0 Å². The first kappa shape index (κ1) is 17.5. The molecular weight excluding hydrogens is 330 g/mol. The Bertz CT molecular complexity index is 751. The van der Waals surface area contributed by atoms with Gasteiger partial charge in [-0.15, -0.1) is 0 Å². The van der Waals surface area contributed by atoms with Crippen LogP contribution in [0.1, 0.15) is 24.1 Å². The van der Waals surface area contributed by atoms with Crippen LogP contribution in [0.15, 0.2) is 10.9 Å². The largest absolute Gasteiger partial charge is 0.282 e. The molecule has 0 atom stereocenters. The van der Waals surface area contributed by atoms with Crippen molar-refractivity contribution >= 4 is 10.2 Å². The lowest BCUT2D eigenvalue weighted by Gasteiger charge is -2.35. The maximum Gasteiger partial charge on any atom is 0.281 e. The fourth-order valence-corrected chi connectivity index (χ4v) is 4.31. The van der Waals surface area contributed by atoms with Gasteiger partial charge in [0.05, 0.1) is 12.4 Å². The summed E-state index contributed by atoms with van der Waals surface area (Å²) >= 11 is 0. The van der Waals surface area contributed by atoms with E-state index in [9.17, 15) is 13.2 Å². The van der Waals surface area contributed by atoms with Gasteiger partial charge in [-0.3, -0.25) is 9.69 Å². The molecule has 0 bridgehead atoms. The number of aryl methyl sites for hydroxylation is 2. The Labute approximate surface area is 142 Å². The second kappa shape index (κ2) is 6.91. The fraction of sp³-hybridized carbons (Fsp3) is 0.733. The van der Waals surface area contributed by atoms with Crippen LogP contribution in [0.3, 0.4) is 0 Å². The van der Waals surface area contributed by atoms with Crippen LogP contribution in [-0.2, 0) is 29.7 Å². The zero-order valence-electron chi connectivity index (χ0n) is 14.3. The van der Waals surface area contributed by atoms with Crippen molar-refractivity contribution in [3.8, 4) is 0 Å². The topological polar surface area (TPSA) is 78.8 Å². The van der Waals surface area contributed by atoms with Crippen LogP contribution in [0, 0.1) is 0 Å². The minimum atomic E-state index is -3.36. The van der Waals surface area contributed by atoms with Crippen molar-refractivity contribution in [3.63, 3.8) is 0 Å². The van der Waals surface area contributed by atoms with E-state index in [2.05, 4.69) is 10.00 Å². The van der Waals surface area contributed by atoms with E-state index in [4.69, 9.17) is 0 Å². The van der Waals surface area contributed by atoms with Crippen LogP contribution in [0.4, 0.5) is 0 Å². The molecule has 0 N–H and O–H groups in total. The van der Waals surface area contributed by atoms with Crippen molar-refractivity contribution in [1.82, 2.24) is 23.3 Å². The van der Waals surface area contributed by atoms with E-state index in [0.717, 1.165) is 36.9 Å². The minimum absolute atomic E-state index is 0.0704. The predicted octanol–water partition coefficient (Wildman–Crippen LogP) is -0.496. The molecule has 0 aromatic carbocycles. The Hall–Kier alpha value is -1.29. The van der Waals surface area contributed by atoms with Gasteiger partial charge in [-0.2, -0.15) is 22.1 Å². The fourth-order valence-electron chi connectivity index (χ4n) is 3.22. The van der Waals surface area contributed by atoms with Crippen molar-refractivity contribution in [2.75, 3.05) is 40.3 Å². The average Bonchev–Trinajstić information content (AvgIpc) is 2.56. The first-order chi connectivity index (χ1) is 11.4. The van der Waals surface area contributed by atoms with Gasteiger partial charge in [0.2, 0.25) is 0 Å². The molecule has 1 aliphatic heterocycles. The second-order valence-corrected chi connectivity index (χ2v) is 8.75. The van der Waals surface area contributed by atoms with E-state index in [1.54, 1.807) is 6.07 Å². The molecule has 2 aliphatic rings. The Morgan fingerprint density at radius 3 is 2.46 bits per heavy atom. The van der Waals surface area contributed by atoms with E-state index < -0.39 is 10.2 Å². The van der Waals surface area contributed by atoms with Gasteiger partial charge in [0, 0.05) is 46.3 Å². The van der Waals surface area contributed by atoms with E-state index in [1.165, 1.54) is 27.4 Å². The summed E-state index contributed by atoms with van der Waals surface area (Å²) in [4.78, 5) is 14.3. The molecule has 1 fully saturated rings. The van der Waals surface area contributed by atoms with Gasteiger partial charge in [-0.25, -0.2) is 4.68 Å². The van der Waals surface area contributed by atoms with Gasteiger partial charge in [0.1, 0.15) is 0 Å². The molecule has 1 saturated heterocycles. The average molecular weight is 355 g/mol. The Morgan fingerprint density at radius 2 is 1.79 bits per heavy atom. The van der Waals surface area contributed by atoms with Crippen molar-refractivity contribution in [2.45, 2.75) is 32.4 Å². The number of hydrogen-bond donors (Lipinski definition) is 0. The van der Waals surface area contributed by atoms with Crippen molar-refractivity contribution in [1.29, 1.82) is 0 Å². The first-order valence-electron chi connectivity index (χ1n) is 8.38. The quantitative estimate of drug-likeness (QED) is 0.728. The van der Waals surface area contributed by atoms with Gasteiger partial charge >= 0.3 is 0 Å². The lowest BCUT2D eigenvalue weighted by Crippen LogP contribution is -2.52. The van der Waals surface area contributed by atoms with E-state index in [0.29, 0.717) is 32.8 Å². The van der Waals surface area contributed by atoms with Crippen LogP contribution in [0.25, 0.3) is 0 Å². The Morgan fingerprint density at radius 1 is 1.12 bits per heavy atom. The highest BCUT2D eigenvalue weighted by molar-refractivity contribution is 7.86. The molecule has 0 radical (unpaired) electrons. The highest BCUT2D eigenvalue weighted by Crippen LogP contribution is 2.17. The summed E-state index contributed by atoms with van der Waals surface area (Å²) in [5.41, 5.74) is 2.05. The van der Waals surface area contributed by atoms with Crippen LogP contribution in [0.2, 0.25) is 0 Å². The summed E-state index contributed by atoms with van der Waals surface area (Å²) in [5, 5.41) is 4.53. The third kappa shape index (κ3) is 3.53. The third-order valence-electron chi connectivity index (χ3n) is 4.73. The number of rotatable bonds is 4. The van der Waals surface area contributed by atoms with E-state index in [1.807, 2.05) is 0 Å². The van der Waals surface area contributed by atoms with E-state index in [-0.39, 0.29) is 5.56 Å². The van der Waals surface area contributed by atoms with Crippen molar-refractivity contribution in [3.05, 3.63) is 27.7 Å². The lowest BCUT2D eigenvalue weighted by atomic mass is 9.97. The van der Waals surface area contributed by atoms with Gasteiger partial charge < -0.3 is 0 Å². The van der Waals surface area contributed by atoms with Crippen LogP contribution in [0.5, 0.6) is 0 Å². The van der Waals surface area contributed by atoms with Gasteiger partial charge in [0.15, 0.2) is 0 Å². The molecule has 1 aliphatic carbocycles.